The lowest BCUT2D eigenvalue weighted by molar-refractivity contribution is -0.137. The topological polar surface area (TPSA) is 178 Å². The van der Waals surface area contributed by atoms with Gasteiger partial charge in [0.25, 0.3) is 0 Å². The van der Waals surface area contributed by atoms with Gasteiger partial charge in [0.05, 0.1) is 19.8 Å². The zero-order valence-corrected chi connectivity index (χ0v) is 25.7. The molecule has 0 spiro atoms. The summed E-state index contributed by atoms with van der Waals surface area (Å²) in [7, 11) is -4.13. The number of aliphatic hydroxyl groups is 1. The summed E-state index contributed by atoms with van der Waals surface area (Å²) in [5.74, 6) is -2.13. The standard InChI is InChI=1S/C29H37N2O10PS/c1-29(2,27(36)28(37)31-16-15-24(32)30-17-18-43-26(35)14-13-25(33)34)21-41-42(38,39-19-22-9-5-3-6-10-22)40-20-23-11-7-4-8-12-23/h3-14,27,36H,15-21H2,1-2H3,(H,30,32)(H,31,37)(H,33,34)/t27-/m0/s1. The highest BCUT2D eigenvalue weighted by Gasteiger charge is 2.38. The third-order valence-electron chi connectivity index (χ3n) is 5.73. The molecule has 0 saturated carbocycles. The second kappa shape index (κ2) is 18.4. The van der Waals surface area contributed by atoms with E-state index in [0.29, 0.717) is 0 Å². The van der Waals surface area contributed by atoms with Gasteiger partial charge in [0.1, 0.15) is 6.10 Å². The minimum Gasteiger partial charge on any atom is -0.478 e. The van der Waals surface area contributed by atoms with E-state index in [1.807, 2.05) is 36.4 Å². The average Bonchev–Trinajstić information content (AvgIpc) is 3.00. The van der Waals surface area contributed by atoms with Gasteiger partial charge < -0.3 is 20.8 Å². The van der Waals surface area contributed by atoms with Gasteiger partial charge in [0.2, 0.25) is 16.9 Å². The Morgan fingerprint density at radius 2 is 1.44 bits per heavy atom. The van der Waals surface area contributed by atoms with Gasteiger partial charge in [0.15, 0.2) is 0 Å². The zero-order chi connectivity index (χ0) is 31.7. The molecule has 0 bridgehead atoms. The molecule has 0 aliphatic rings. The lowest BCUT2D eigenvalue weighted by Gasteiger charge is -2.30. The van der Waals surface area contributed by atoms with E-state index < -0.39 is 42.2 Å². The highest BCUT2D eigenvalue weighted by atomic mass is 32.2. The van der Waals surface area contributed by atoms with Gasteiger partial charge in [-0.15, -0.1) is 0 Å². The van der Waals surface area contributed by atoms with E-state index in [0.717, 1.165) is 35.0 Å². The van der Waals surface area contributed by atoms with Crippen LogP contribution in [0.2, 0.25) is 0 Å². The number of amides is 2. The number of carboxylic acids is 1. The first-order chi connectivity index (χ1) is 20.4. The lowest BCUT2D eigenvalue weighted by Crippen LogP contribution is -2.46. The maximum Gasteiger partial charge on any atom is 0.475 e. The summed E-state index contributed by atoms with van der Waals surface area (Å²) in [5.41, 5.74) is 0.280. The van der Waals surface area contributed by atoms with Crippen LogP contribution in [-0.2, 0) is 50.5 Å². The van der Waals surface area contributed by atoms with Crippen LogP contribution in [0.15, 0.2) is 72.8 Å². The van der Waals surface area contributed by atoms with E-state index in [-0.39, 0.29) is 45.1 Å². The molecule has 0 radical (unpaired) electrons. The summed E-state index contributed by atoms with van der Waals surface area (Å²) in [4.78, 5) is 46.5. The number of phosphoric ester groups is 1. The van der Waals surface area contributed by atoms with Crippen molar-refractivity contribution >= 4 is 42.5 Å². The Kier molecular flexibility index (Phi) is 15.3. The number of phosphoric acid groups is 1. The van der Waals surface area contributed by atoms with Crippen molar-refractivity contribution < 1.29 is 47.5 Å². The Labute approximate surface area is 254 Å². The van der Waals surface area contributed by atoms with Crippen LogP contribution in [0.1, 0.15) is 31.4 Å². The monoisotopic (exact) mass is 636 g/mol. The summed E-state index contributed by atoms with van der Waals surface area (Å²) < 4.78 is 30.3. The smallest absolute Gasteiger partial charge is 0.475 e. The predicted molar refractivity (Wildman–Crippen MR) is 161 cm³/mol. The number of hydrogen-bond acceptors (Lipinski definition) is 10. The molecule has 234 valence electrons. The van der Waals surface area contributed by atoms with Crippen molar-refractivity contribution in [2.75, 3.05) is 25.4 Å². The summed E-state index contributed by atoms with van der Waals surface area (Å²) >= 11 is 0.849. The first-order valence-electron chi connectivity index (χ1n) is 13.3. The van der Waals surface area contributed by atoms with Crippen molar-refractivity contribution in [3.63, 3.8) is 0 Å². The number of nitrogens with one attached hydrogen (secondary N) is 2. The van der Waals surface area contributed by atoms with Gasteiger partial charge in [0, 0.05) is 36.8 Å². The summed E-state index contributed by atoms with van der Waals surface area (Å²) in [6.07, 6.45) is 0.00390. The van der Waals surface area contributed by atoms with Crippen LogP contribution in [0.25, 0.3) is 0 Å². The third-order valence-corrected chi connectivity index (χ3v) is 7.89. The number of carboxylic acid groups (broad SMARTS) is 1. The molecule has 43 heavy (non-hydrogen) atoms. The summed E-state index contributed by atoms with van der Waals surface area (Å²) in [6, 6.07) is 18.1. The van der Waals surface area contributed by atoms with Gasteiger partial charge in [-0.3, -0.25) is 28.0 Å². The number of carbonyl (C=O) groups excluding carboxylic acids is 3. The van der Waals surface area contributed by atoms with E-state index in [4.69, 9.17) is 18.7 Å². The van der Waals surface area contributed by atoms with Crippen LogP contribution >= 0.6 is 19.6 Å². The van der Waals surface area contributed by atoms with E-state index >= 15 is 0 Å². The molecule has 0 heterocycles. The fourth-order valence-electron chi connectivity index (χ4n) is 3.26. The fourth-order valence-corrected chi connectivity index (χ4v) is 5.16. The number of benzene rings is 2. The number of aliphatic hydroxyl groups excluding tert-OH is 1. The quantitative estimate of drug-likeness (QED) is 0.101. The molecule has 0 saturated heterocycles. The molecule has 0 aromatic heterocycles. The Balaban J connectivity index is 1.82. The van der Waals surface area contributed by atoms with Gasteiger partial charge >= 0.3 is 13.8 Å². The van der Waals surface area contributed by atoms with Crippen molar-refractivity contribution in [3.05, 3.63) is 83.9 Å². The molecule has 4 N–H and O–H groups in total. The van der Waals surface area contributed by atoms with E-state index in [2.05, 4.69) is 10.6 Å². The fraction of sp³-hybridized carbons (Fsp3) is 0.379. The second-order valence-corrected chi connectivity index (χ2v) is 12.6. The minimum atomic E-state index is -4.13. The Morgan fingerprint density at radius 3 is 1.98 bits per heavy atom. The molecular weight excluding hydrogens is 599 g/mol. The third kappa shape index (κ3) is 14.6. The number of aliphatic carboxylic acids is 1. The van der Waals surface area contributed by atoms with Crippen molar-refractivity contribution in [1.29, 1.82) is 0 Å². The van der Waals surface area contributed by atoms with Gasteiger partial charge in [-0.1, -0.05) is 86.3 Å². The summed E-state index contributed by atoms with van der Waals surface area (Å²) in [5, 5.41) is 23.8. The van der Waals surface area contributed by atoms with E-state index in [9.17, 15) is 28.8 Å². The van der Waals surface area contributed by atoms with Crippen molar-refractivity contribution in [1.82, 2.24) is 10.6 Å². The average molecular weight is 637 g/mol. The Morgan fingerprint density at radius 1 is 0.884 bits per heavy atom. The van der Waals surface area contributed by atoms with Crippen LogP contribution < -0.4 is 10.6 Å². The van der Waals surface area contributed by atoms with Crippen LogP contribution in [0.3, 0.4) is 0 Å². The molecule has 14 heteroatoms. The normalized spacial score (nSPS) is 12.5. The number of carbonyl (C=O) groups is 4. The molecule has 2 amide bonds. The van der Waals surface area contributed by atoms with Crippen LogP contribution in [0, 0.1) is 5.41 Å². The molecule has 0 aliphatic heterocycles. The number of rotatable bonds is 19. The maximum atomic E-state index is 13.5. The first kappa shape index (κ1) is 35.9. The predicted octanol–water partition coefficient (Wildman–Crippen LogP) is 3.45. The highest BCUT2D eigenvalue weighted by Crippen LogP contribution is 2.52. The first-order valence-corrected chi connectivity index (χ1v) is 15.8. The van der Waals surface area contributed by atoms with E-state index in [1.165, 1.54) is 0 Å². The number of thioether (sulfide) groups is 1. The van der Waals surface area contributed by atoms with Gasteiger partial charge in [-0.2, -0.15) is 0 Å². The molecule has 2 aromatic rings. The molecule has 12 nitrogen and oxygen atoms in total. The highest BCUT2D eigenvalue weighted by molar-refractivity contribution is 8.14. The zero-order valence-electron chi connectivity index (χ0n) is 24.0. The van der Waals surface area contributed by atoms with Crippen LogP contribution in [0.5, 0.6) is 0 Å². The molecular formula is C29H37N2O10PS. The van der Waals surface area contributed by atoms with Crippen molar-refractivity contribution in [2.45, 2.75) is 39.6 Å². The van der Waals surface area contributed by atoms with Crippen LogP contribution in [-0.4, -0.2) is 64.7 Å². The van der Waals surface area contributed by atoms with Crippen LogP contribution in [0.4, 0.5) is 0 Å². The SMILES string of the molecule is CC(C)(COP(=O)(OCc1ccccc1)OCc1ccccc1)[C@@H](O)C(=O)NCCC(=O)NCCSC(=O)C=CC(=O)O. The number of hydrogen-bond donors (Lipinski definition) is 4. The van der Waals surface area contributed by atoms with E-state index in [1.54, 1.807) is 38.1 Å². The Bertz CT molecular complexity index is 1230. The molecule has 2 rings (SSSR count). The molecule has 0 fully saturated rings. The maximum absolute atomic E-state index is 13.5. The van der Waals surface area contributed by atoms with Crippen molar-refractivity contribution in [3.8, 4) is 0 Å². The second-order valence-electron chi connectivity index (χ2n) is 9.86. The van der Waals surface area contributed by atoms with Gasteiger partial charge in [-0.25, -0.2) is 9.36 Å². The molecule has 0 unspecified atom stereocenters. The summed E-state index contributed by atoms with van der Waals surface area (Å²) in [6.45, 7) is 2.76. The van der Waals surface area contributed by atoms with Gasteiger partial charge in [-0.05, 0) is 17.2 Å². The minimum absolute atomic E-state index is 0.0464. The molecule has 0 aliphatic carbocycles. The largest absolute Gasteiger partial charge is 0.478 e. The Hall–Kier alpha value is -3.32. The van der Waals surface area contributed by atoms with Crippen molar-refractivity contribution in [2.24, 2.45) is 5.41 Å². The molecule has 1 atom stereocenters. The molecule has 2 aromatic carbocycles. The lowest BCUT2D eigenvalue weighted by atomic mass is 9.87.